The lowest BCUT2D eigenvalue weighted by Gasteiger charge is -2.10. The van der Waals surface area contributed by atoms with Gasteiger partial charge >= 0.3 is 0 Å². The van der Waals surface area contributed by atoms with Crippen LogP contribution < -0.4 is 5.32 Å². The van der Waals surface area contributed by atoms with Crippen molar-refractivity contribution in [2.24, 2.45) is 0 Å². The van der Waals surface area contributed by atoms with Crippen LogP contribution in [-0.4, -0.2) is 16.8 Å². The molecule has 25 heavy (non-hydrogen) atoms. The van der Waals surface area contributed by atoms with Gasteiger partial charge in [-0.05, 0) is 19.1 Å². The van der Waals surface area contributed by atoms with Crippen LogP contribution in [0.15, 0.2) is 64.0 Å². The molecule has 1 N–H and O–H groups in total. The van der Waals surface area contributed by atoms with Crippen LogP contribution in [-0.2, 0) is 0 Å². The molecule has 0 spiro atoms. The summed E-state index contributed by atoms with van der Waals surface area (Å²) in [7, 11) is 0. The number of nitrogens with one attached hydrogen (secondary N) is 1. The SMILES string of the molecule is Cc1onc(-c2ccccc2)c1C(=O)Nc1ccccc1SC(F)F. The average molecular weight is 360 g/mol. The molecule has 0 saturated carbocycles. The quantitative estimate of drug-likeness (QED) is 0.634. The van der Waals surface area contributed by atoms with E-state index in [1.807, 2.05) is 30.3 Å². The number of amides is 1. The molecule has 0 atom stereocenters. The lowest BCUT2D eigenvalue weighted by Crippen LogP contribution is -2.14. The number of hydrogen-bond acceptors (Lipinski definition) is 4. The van der Waals surface area contributed by atoms with E-state index >= 15 is 0 Å². The lowest BCUT2D eigenvalue weighted by atomic mass is 10.1. The van der Waals surface area contributed by atoms with E-state index in [2.05, 4.69) is 10.5 Å². The minimum absolute atomic E-state index is 0.281. The van der Waals surface area contributed by atoms with E-state index in [1.165, 1.54) is 6.07 Å². The zero-order chi connectivity index (χ0) is 17.8. The van der Waals surface area contributed by atoms with Gasteiger partial charge < -0.3 is 9.84 Å². The van der Waals surface area contributed by atoms with Gasteiger partial charge in [-0.25, -0.2) is 0 Å². The van der Waals surface area contributed by atoms with Crippen molar-refractivity contribution >= 4 is 23.4 Å². The third kappa shape index (κ3) is 3.88. The largest absolute Gasteiger partial charge is 0.360 e. The molecule has 0 unspecified atom stereocenters. The molecule has 0 bridgehead atoms. The number of hydrogen-bond donors (Lipinski definition) is 1. The summed E-state index contributed by atoms with van der Waals surface area (Å²) in [6.07, 6.45) is 0. The maximum atomic E-state index is 12.7. The van der Waals surface area contributed by atoms with Crippen molar-refractivity contribution in [2.75, 3.05) is 5.32 Å². The Bertz CT molecular complexity index is 882. The van der Waals surface area contributed by atoms with Crippen LogP contribution >= 0.6 is 11.8 Å². The first-order valence-electron chi connectivity index (χ1n) is 7.43. The van der Waals surface area contributed by atoms with Gasteiger partial charge in [0.05, 0.1) is 5.69 Å². The molecular formula is C18H14F2N2O2S. The average Bonchev–Trinajstić information content (AvgIpc) is 2.98. The number of para-hydroxylation sites is 1. The number of benzene rings is 2. The molecule has 4 nitrogen and oxygen atoms in total. The van der Waals surface area contributed by atoms with E-state index in [0.29, 0.717) is 33.8 Å². The van der Waals surface area contributed by atoms with Crippen molar-refractivity contribution in [3.63, 3.8) is 0 Å². The van der Waals surface area contributed by atoms with Gasteiger partial charge in [0, 0.05) is 10.5 Å². The van der Waals surface area contributed by atoms with E-state index in [0.717, 1.165) is 5.56 Å². The predicted molar refractivity (Wildman–Crippen MR) is 92.9 cm³/mol. The Labute approximate surface area is 147 Å². The van der Waals surface area contributed by atoms with Crippen LogP contribution in [0.25, 0.3) is 11.3 Å². The Hall–Kier alpha value is -2.67. The monoisotopic (exact) mass is 360 g/mol. The second kappa shape index (κ2) is 7.48. The van der Waals surface area contributed by atoms with Crippen molar-refractivity contribution in [3.05, 3.63) is 65.9 Å². The number of thioether (sulfide) groups is 1. The van der Waals surface area contributed by atoms with Gasteiger partial charge in [0.1, 0.15) is 17.0 Å². The van der Waals surface area contributed by atoms with Gasteiger partial charge in [-0.1, -0.05) is 59.4 Å². The predicted octanol–water partition coefficient (Wildman–Crippen LogP) is 5.22. The zero-order valence-electron chi connectivity index (χ0n) is 13.2. The van der Waals surface area contributed by atoms with Crippen molar-refractivity contribution in [1.82, 2.24) is 5.16 Å². The Morgan fingerprint density at radius 1 is 1.12 bits per heavy atom. The highest BCUT2D eigenvalue weighted by molar-refractivity contribution is 7.99. The van der Waals surface area contributed by atoms with Gasteiger partial charge in [0.2, 0.25) is 0 Å². The molecule has 0 saturated heterocycles. The highest BCUT2D eigenvalue weighted by Crippen LogP contribution is 2.33. The molecule has 3 aromatic rings. The fraction of sp³-hybridized carbons (Fsp3) is 0.111. The second-order valence-electron chi connectivity index (χ2n) is 5.16. The van der Waals surface area contributed by atoms with Gasteiger partial charge in [-0.2, -0.15) is 8.78 Å². The smallest absolute Gasteiger partial charge is 0.288 e. The standard InChI is InChI=1S/C18H14F2N2O2S/c1-11-15(16(22-24-11)12-7-3-2-4-8-12)17(23)21-13-9-5-6-10-14(13)25-18(19)20/h2-10,18H,1H3,(H,21,23). The number of halogens is 2. The normalized spacial score (nSPS) is 10.9. The minimum atomic E-state index is -2.57. The number of nitrogens with zero attached hydrogens (tertiary/aromatic N) is 1. The number of carbonyl (C=O) groups excluding carboxylic acids is 1. The first-order chi connectivity index (χ1) is 12.1. The van der Waals surface area contributed by atoms with E-state index in [-0.39, 0.29) is 5.56 Å². The van der Waals surface area contributed by atoms with Gasteiger partial charge in [0.25, 0.3) is 11.7 Å². The molecule has 7 heteroatoms. The Kier molecular flexibility index (Phi) is 5.14. The maximum Gasteiger partial charge on any atom is 0.288 e. The fourth-order valence-corrected chi connectivity index (χ4v) is 2.98. The van der Waals surface area contributed by atoms with Crippen LogP contribution in [0, 0.1) is 6.92 Å². The van der Waals surface area contributed by atoms with Crippen molar-refractivity contribution in [3.8, 4) is 11.3 Å². The summed E-state index contributed by atoms with van der Waals surface area (Å²) in [4.78, 5) is 13.0. The Morgan fingerprint density at radius 3 is 2.52 bits per heavy atom. The third-order valence-corrected chi connectivity index (χ3v) is 4.28. The van der Waals surface area contributed by atoms with Crippen LogP contribution in [0.2, 0.25) is 0 Å². The fourth-order valence-electron chi connectivity index (χ4n) is 2.39. The van der Waals surface area contributed by atoms with Gasteiger partial charge in [-0.3, -0.25) is 4.79 Å². The topological polar surface area (TPSA) is 55.1 Å². The summed E-state index contributed by atoms with van der Waals surface area (Å²) in [5, 5.41) is 6.63. The molecule has 0 aliphatic rings. The lowest BCUT2D eigenvalue weighted by molar-refractivity contribution is 0.102. The van der Waals surface area contributed by atoms with E-state index in [4.69, 9.17) is 4.52 Å². The number of alkyl halides is 2. The van der Waals surface area contributed by atoms with E-state index in [9.17, 15) is 13.6 Å². The number of rotatable bonds is 5. The molecular weight excluding hydrogens is 346 g/mol. The molecule has 2 aromatic carbocycles. The van der Waals surface area contributed by atoms with Crippen LogP contribution in [0.1, 0.15) is 16.1 Å². The Morgan fingerprint density at radius 2 is 1.80 bits per heavy atom. The maximum absolute atomic E-state index is 12.7. The molecule has 0 radical (unpaired) electrons. The van der Waals surface area contributed by atoms with Crippen LogP contribution in [0.3, 0.4) is 0 Å². The van der Waals surface area contributed by atoms with E-state index < -0.39 is 11.7 Å². The first kappa shape index (κ1) is 17.2. The van der Waals surface area contributed by atoms with Gasteiger partial charge in [-0.15, -0.1) is 0 Å². The highest BCUT2D eigenvalue weighted by atomic mass is 32.2. The summed E-state index contributed by atoms with van der Waals surface area (Å²) < 4.78 is 30.5. The molecule has 3 rings (SSSR count). The molecule has 1 heterocycles. The summed E-state index contributed by atoms with van der Waals surface area (Å²) in [6, 6.07) is 15.6. The van der Waals surface area contributed by atoms with Crippen LogP contribution in [0.5, 0.6) is 0 Å². The molecule has 128 valence electrons. The molecule has 1 aromatic heterocycles. The highest BCUT2D eigenvalue weighted by Gasteiger charge is 2.22. The number of carbonyl (C=O) groups is 1. The third-order valence-electron chi connectivity index (χ3n) is 3.49. The van der Waals surface area contributed by atoms with Crippen molar-refractivity contribution in [1.29, 1.82) is 0 Å². The molecule has 0 aliphatic heterocycles. The number of anilines is 1. The van der Waals surface area contributed by atoms with Gasteiger partial charge in [0.15, 0.2) is 0 Å². The van der Waals surface area contributed by atoms with Crippen molar-refractivity contribution < 1.29 is 18.1 Å². The van der Waals surface area contributed by atoms with E-state index in [1.54, 1.807) is 25.1 Å². The molecule has 1 amide bonds. The Balaban J connectivity index is 1.92. The first-order valence-corrected chi connectivity index (χ1v) is 8.31. The summed E-state index contributed by atoms with van der Waals surface area (Å²) in [5.41, 5.74) is 1.75. The zero-order valence-corrected chi connectivity index (χ0v) is 14.0. The number of aromatic nitrogens is 1. The van der Waals surface area contributed by atoms with Crippen LogP contribution in [0.4, 0.5) is 14.5 Å². The minimum Gasteiger partial charge on any atom is -0.360 e. The number of aryl methyl sites for hydroxylation is 1. The molecule has 0 fully saturated rings. The summed E-state index contributed by atoms with van der Waals surface area (Å²) in [6.45, 7) is 1.63. The summed E-state index contributed by atoms with van der Waals surface area (Å²) >= 11 is 0.382. The summed E-state index contributed by atoms with van der Waals surface area (Å²) in [5.74, 6) is -2.68. The molecule has 0 aliphatic carbocycles. The second-order valence-corrected chi connectivity index (χ2v) is 6.19. The van der Waals surface area contributed by atoms with Crippen molar-refractivity contribution in [2.45, 2.75) is 17.6 Å².